The predicted molar refractivity (Wildman–Crippen MR) is 111 cm³/mol. The summed E-state index contributed by atoms with van der Waals surface area (Å²) in [5.74, 6) is 1.06. The molecule has 4 rings (SSSR count). The minimum atomic E-state index is -0.878. The summed E-state index contributed by atoms with van der Waals surface area (Å²) in [5.41, 5.74) is 1.05. The Hall–Kier alpha value is -1.82. The fourth-order valence-corrected chi connectivity index (χ4v) is 6.45. The van der Waals surface area contributed by atoms with Crippen LogP contribution in [0, 0.1) is 29.4 Å². The number of benzene rings is 1. The fraction of sp³-hybridized carbons (Fsp3) is 0.522. The van der Waals surface area contributed by atoms with E-state index in [-0.39, 0.29) is 5.37 Å². The third-order valence-corrected chi connectivity index (χ3v) is 7.87. The number of halogens is 2. The molecule has 29 heavy (non-hydrogen) atoms. The fourth-order valence-electron chi connectivity index (χ4n) is 5.21. The van der Waals surface area contributed by atoms with E-state index in [1.54, 1.807) is 17.8 Å². The summed E-state index contributed by atoms with van der Waals surface area (Å²) in [4.78, 5) is 14.0. The smallest absolute Gasteiger partial charge is 0.334 e. The lowest BCUT2D eigenvalue weighted by atomic mass is 9.88. The van der Waals surface area contributed by atoms with Gasteiger partial charge in [0.15, 0.2) is 0 Å². The van der Waals surface area contributed by atoms with E-state index in [1.807, 2.05) is 12.3 Å². The lowest BCUT2D eigenvalue weighted by molar-refractivity contribution is -0.133. The van der Waals surface area contributed by atoms with Crippen molar-refractivity contribution in [2.45, 2.75) is 43.9 Å². The molecule has 0 saturated heterocycles. The van der Waals surface area contributed by atoms with E-state index in [9.17, 15) is 18.7 Å². The number of rotatable bonds is 8. The highest BCUT2D eigenvalue weighted by Crippen LogP contribution is 2.49. The first kappa shape index (κ1) is 20.5. The summed E-state index contributed by atoms with van der Waals surface area (Å²) in [6.07, 6.45) is 12.1. The highest BCUT2D eigenvalue weighted by atomic mass is 32.2. The van der Waals surface area contributed by atoms with Crippen LogP contribution in [0.1, 0.15) is 37.7 Å². The summed E-state index contributed by atoms with van der Waals surface area (Å²) >= 11 is 1.61. The Morgan fingerprint density at radius 2 is 1.97 bits per heavy atom. The normalized spacial score (nSPS) is 28.1. The van der Waals surface area contributed by atoms with E-state index in [0.29, 0.717) is 23.5 Å². The number of nitrogens with zero attached hydrogens (tertiary/aromatic N) is 1. The first-order chi connectivity index (χ1) is 14.0. The minimum Gasteiger partial charge on any atom is -0.478 e. The van der Waals surface area contributed by atoms with Crippen molar-refractivity contribution < 1.29 is 18.7 Å². The molecule has 156 valence electrons. The molecule has 3 aliphatic rings. The quantitative estimate of drug-likeness (QED) is 0.586. The van der Waals surface area contributed by atoms with Crippen molar-refractivity contribution in [1.82, 2.24) is 4.90 Å². The Morgan fingerprint density at radius 3 is 2.62 bits per heavy atom. The van der Waals surface area contributed by atoms with E-state index >= 15 is 0 Å². The second-order valence-corrected chi connectivity index (χ2v) is 9.69. The van der Waals surface area contributed by atoms with Gasteiger partial charge < -0.3 is 10.0 Å². The van der Waals surface area contributed by atoms with E-state index < -0.39 is 17.6 Å². The number of fused-ring (bicyclic) bond motifs is 2. The van der Waals surface area contributed by atoms with E-state index in [0.717, 1.165) is 36.6 Å². The average molecular weight is 420 g/mol. The molecule has 6 heteroatoms. The Morgan fingerprint density at radius 1 is 1.17 bits per heavy atom. The number of carbonyl (C=O) groups is 1. The van der Waals surface area contributed by atoms with E-state index in [4.69, 9.17) is 0 Å². The maximum absolute atomic E-state index is 13.3. The van der Waals surface area contributed by atoms with Gasteiger partial charge in [-0.05, 0) is 85.5 Å². The first-order valence-electron chi connectivity index (χ1n) is 10.4. The first-order valence-corrected chi connectivity index (χ1v) is 11.5. The molecular weight excluding hydrogens is 392 g/mol. The molecule has 2 fully saturated rings. The number of hydrogen-bond acceptors (Lipinski definition) is 3. The average Bonchev–Trinajstić information content (AvgIpc) is 3.28. The summed E-state index contributed by atoms with van der Waals surface area (Å²) in [5, 5.41) is 9.46. The summed E-state index contributed by atoms with van der Waals surface area (Å²) in [7, 11) is 0. The van der Waals surface area contributed by atoms with Crippen LogP contribution in [0.5, 0.6) is 0 Å². The van der Waals surface area contributed by atoms with Crippen LogP contribution in [0.15, 0.2) is 42.1 Å². The molecule has 1 aromatic carbocycles. The van der Waals surface area contributed by atoms with Gasteiger partial charge in [0.2, 0.25) is 0 Å². The molecule has 0 radical (unpaired) electrons. The molecule has 1 N–H and O–H groups in total. The Bertz CT molecular complexity index is 805. The molecule has 1 aliphatic heterocycles. The zero-order chi connectivity index (χ0) is 20.4. The van der Waals surface area contributed by atoms with Crippen molar-refractivity contribution in [1.29, 1.82) is 0 Å². The molecule has 0 spiro atoms. The van der Waals surface area contributed by atoms with Crippen LogP contribution in [-0.2, 0) is 11.2 Å². The lowest BCUT2D eigenvalue weighted by Crippen LogP contribution is -2.39. The van der Waals surface area contributed by atoms with Crippen molar-refractivity contribution in [3.63, 3.8) is 0 Å². The van der Waals surface area contributed by atoms with Crippen LogP contribution in [0.3, 0.4) is 0 Å². The summed E-state index contributed by atoms with van der Waals surface area (Å²) in [6.45, 7) is 0.912. The van der Waals surface area contributed by atoms with Crippen LogP contribution in [0.25, 0.3) is 0 Å². The number of hydrogen-bond donors (Lipinski definition) is 1. The van der Waals surface area contributed by atoms with Crippen LogP contribution in [0.2, 0.25) is 0 Å². The van der Waals surface area contributed by atoms with Crippen LogP contribution in [0.4, 0.5) is 8.78 Å². The predicted octanol–water partition coefficient (Wildman–Crippen LogP) is 5.23. The largest absolute Gasteiger partial charge is 0.478 e. The molecule has 1 aromatic rings. The van der Waals surface area contributed by atoms with Gasteiger partial charge in [0, 0.05) is 18.8 Å². The summed E-state index contributed by atoms with van der Waals surface area (Å²) in [6, 6.07) is 3.60. The SMILES string of the molecule is O=C(O)C1=CC=CN(CC2CC3CCC2C3)C1SCCCc1cc(F)cc(F)c1. The van der Waals surface area contributed by atoms with E-state index in [1.165, 1.54) is 37.8 Å². The molecule has 2 bridgehead atoms. The standard InChI is InChI=1S/C23H27F2NO2S/c24-19-11-15(12-20(25)13-19)3-2-8-29-22-21(23(27)28)4-1-7-26(22)14-18-10-16-5-6-17(18)9-16/h1,4,7,11-13,16-18,22H,2-3,5-6,8-10,14H2,(H,27,28). The number of allylic oxidation sites excluding steroid dienone is 2. The Balaban J connectivity index is 1.35. The molecule has 2 aliphatic carbocycles. The third kappa shape index (κ3) is 4.85. The van der Waals surface area contributed by atoms with Gasteiger partial charge in [-0.25, -0.2) is 13.6 Å². The Labute approximate surface area is 174 Å². The zero-order valence-electron chi connectivity index (χ0n) is 16.4. The number of aliphatic carboxylic acids is 1. The van der Waals surface area contributed by atoms with Gasteiger partial charge in [-0.1, -0.05) is 6.42 Å². The number of carboxylic acid groups (broad SMARTS) is 1. The highest BCUT2D eigenvalue weighted by molar-refractivity contribution is 8.00. The van der Waals surface area contributed by atoms with Crippen molar-refractivity contribution in [2.24, 2.45) is 17.8 Å². The maximum Gasteiger partial charge on any atom is 0.334 e. The number of aryl methyl sites for hydroxylation is 1. The van der Waals surface area contributed by atoms with Gasteiger partial charge >= 0.3 is 5.97 Å². The van der Waals surface area contributed by atoms with Crippen molar-refractivity contribution in [3.05, 3.63) is 59.3 Å². The van der Waals surface area contributed by atoms with Crippen LogP contribution < -0.4 is 0 Å². The third-order valence-electron chi connectivity index (χ3n) is 6.51. The Kier molecular flexibility index (Phi) is 6.28. The molecule has 4 unspecified atom stereocenters. The molecule has 1 heterocycles. The van der Waals surface area contributed by atoms with Gasteiger partial charge in [-0.15, -0.1) is 11.8 Å². The van der Waals surface area contributed by atoms with Gasteiger partial charge in [0.05, 0.1) is 5.57 Å². The second-order valence-electron chi connectivity index (χ2n) is 8.50. The topological polar surface area (TPSA) is 40.5 Å². The molecule has 2 saturated carbocycles. The molecule has 3 nitrogen and oxygen atoms in total. The van der Waals surface area contributed by atoms with E-state index in [2.05, 4.69) is 4.90 Å². The zero-order valence-corrected chi connectivity index (χ0v) is 17.2. The maximum atomic E-state index is 13.3. The monoisotopic (exact) mass is 419 g/mol. The van der Waals surface area contributed by atoms with Gasteiger partial charge in [0.1, 0.15) is 17.0 Å². The van der Waals surface area contributed by atoms with Gasteiger partial charge in [-0.2, -0.15) is 0 Å². The molecule has 0 aromatic heterocycles. The van der Waals surface area contributed by atoms with Crippen molar-refractivity contribution >= 4 is 17.7 Å². The lowest BCUT2D eigenvalue weighted by Gasteiger charge is -2.36. The molecule has 4 atom stereocenters. The minimum absolute atomic E-state index is 0.208. The van der Waals surface area contributed by atoms with Crippen molar-refractivity contribution in [3.8, 4) is 0 Å². The number of carboxylic acids is 1. The molecule has 0 amide bonds. The number of thioether (sulfide) groups is 1. The van der Waals surface area contributed by atoms with Crippen LogP contribution in [-0.4, -0.2) is 33.6 Å². The van der Waals surface area contributed by atoms with Gasteiger partial charge in [0.25, 0.3) is 0 Å². The molecular formula is C23H27F2NO2S. The van der Waals surface area contributed by atoms with Gasteiger partial charge in [-0.3, -0.25) is 0 Å². The van der Waals surface area contributed by atoms with Crippen LogP contribution >= 0.6 is 11.8 Å². The van der Waals surface area contributed by atoms with Crippen molar-refractivity contribution in [2.75, 3.05) is 12.3 Å². The highest BCUT2D eigenvalue weighted by Gasteiger charge is 2.41. The summed E-state index contributed by atoms with van der Waals surface area (Å²) < 4.78 is 26.7. The second kappa shape index (κ2) is 8.90.